The van der Waals surface area contributed by atoms with Gasteiger partial charge in [0.1, 0.15) is 32.0 Å². The molecule has 5 amide bonds. The standard InChI is InChI=1S/C54H68N10O15S/c1-8-54(72)38-22-41-48-36(27-63(41)51(70)37(38)28-77-52(54)71)34(35-21-42-43(79-31-78-42)23-40(35)59-48)18-19-62(9-2)46(67)29-76-30-58-45(66)26-55-49(68)39(16-13-14-20-64(5,6)73)60-50(69)47(32(3)4)61-44(65)17-12-10-11-15-33-24-56-53(57-25-33)80(7,74)75/h21-25,32,39,47,72H,8-10,12-14,16-20,26-31H2,1-7H3,(H,55,68)(H,58,66)(H,60,69)(H,61,65)/t39-,47-,54-/m0/s1. The highest BCUT2D eigenvalue weighted by Crippen LogP contribution is 2.43. The first kappa shape index (κ1) is 60.1. The molecule has 5 N–H and O–H groups in total. The van der Waals surface area contributed by atoms with Crippen molar-refractivity contribution in [2.75, 3.05) is 66.7 Å². The van der Waals surface area contributed by atoms with Crippen molar-refractivity contribution in [2.24, 2.45) is 5.92 Å². The Bertz CT molecular complexity index is 3280. The van der Waals surface area contributed by atoms with Gasteiger partial charge in [-0.25, -0.2) is 28.2 Å². The lowest BCUT2D eigenvalue weighted by molar-refractivity contribution is -0.840. The fraction of sp³-hybridized carbons (Fsp3) is 0.519. The molecule has 0 bridgehead atoms. The maximum atomic E-state index is 14.0. The number of rotatable bonds is 25. The molecule has 3 aliphatic rings. The van der Waals surface area contributed by atoms with Crippen LogP contribution in [0.1, 0.15) is 100 Å². The number of ether oxygens (including phenoxy) is 4. The smallest absolute Gasteiger partial charge is 0.343 e. The van der Waals surface area contributed by atoms with Crippen molar-refractivity contribution in [3.8, 4) is 34.7 Å². The highest BCUT2D eigenvalue weighted by molar-refractivity contribution is 7.90. The summed E-state index contributed by atoms with van der Waals surface area (Å²) in [5, 5.41) is 34.5. The molecule has 80 heavy (non-hydrogen) atoms. The number of hydrogen-bond acceptors (Lipinski definition) is 18. The van der Waals surface area contributed by atoms with Crippen molar-refractivity contribution in [3.63, 3.8) is 0 Å². The lowest BCUT2D eigenvalue weighted by Crippen LogP contribution is -2.56. The lowest BCUT2D eigenvalue weighted by atomic mass is 9.86. The lowest BCUT2D eigenvalue weighted by Gasteiger charge is -2.33. The molecule has 7 rings (SSSR count). The number of fused-ring (bicyclic) bond motifs is 6. The van der Waals surface area contributed by atoms with Crippen LogP contribution < -0.4 is 36.3 Å². The zero-order valence-electron chi connectivity index (χ0n) is 45.9. The van der Waals surface area contributed by atoms with Gasteiger partial charge in [-0.15, -0.1) is 0 Å². The van der Waals surface area contributed by atoms with E-state index < -0.39 is 80.5 Å². The van der Waals surface area contributed by atoms with Gasteiger partial charge in [0.15, 0.2) is 17.1 Å². The first-order chi connectivity index (χ1) is 37.9. The molecule has 3 aliphatic heterocycles. The van der Waals surface area contributed by atoms with Gasteiger partial charge in [0.05, 0.1) is 61.8 Å². The fourth-order valence-corrected chi connectivity index (χ4v) is 9.97. The van der Waals surface area contributed by atoms with Gasteiger partial charge < -0.3 is 64.6 Å². The van der Waals surface area contributed by atoms with Crippen LogP contribution in [0.4, 0.5) is 0 Å². The van der Waals surface area contributed by atoms with E-state index in [9.17, 15) is 52.3 Å². The molecule has 1 aromatic carbocycles. The van der Waals surface area contributed by atoms with Crippen molar-refractivity contribution in [1.29, 1.82) is 0 Å². The summed E-state index contributed by atoms with van der Waals surface area (Å²) in [5.41, 5.74) is 1.32. The predicted octanol–water partition coefficient (Wildman–Crippen LogP) is 1.19. The number of hydroxylamine groups is 3. The number of pyridine rings is 2. The normalized spacial score (nSPS) is 15.8. The van der Waals surface area contributed by atoms with E-state index in [1.165, 1.54) is 26.5 Å². The summed E-state index contributed by atoms with van der Waals surface area (Å²) < 4.78 is 46.4. The van der Waals surface area contributed by atoms with E-state index in [0.717, 1.165) is 22.8 Å². The van der Waals surface area contributed by atoms with Crippen LogP contribution in [0, 0.1) is 23.0 Å². The number of carbonyl (C=O) groups excluding carboxylic acids is 6. The molecule has 0 fully saturated rings. The van der Waals surface area contributed by atoms with Crippen molar-refractivity contribution in [2.45, 2.75) is 115 Å². The molecule has 4 aromatic rings. The van der Waals surface area contributed by atoms with Crippen LogP contribution in [-0.2, 0) is 73.3 Å². The van der Waals surface area contributed by atoms with Gasteiger partial charge in [-0.3, -0.25) is 28.8 Å². The maximum Gasteiger partial charge on any atom is 0.343 e. The van der Waals surface area contributed by atoms with E-state index in [-0.39, 0.29) is 87.1 Å². The number of unbranched alkanes of at least 4 members (excludes halogenated alkanes) is 2. The second-order valence-electron chi connectivity index (χ2n) is 20.6. The summed E-state index contributed by atoms with van der Waals surface area (Å²) >= 11 is 0. The van der Waals surface area contributed by atoms with E-state index >= 15 is 0 Å². The molecule has 0 saturated carbocycles. The number of quaternary nitrogens is 1. The Labute approximate surface area is 462 Å². The number of aliphatic hydroxyl groups is 1. The van der Waals surface area contributed by atoms with E-state index in [0.29, 0.717) is 72.6 Å². The number of cyclic esters (lactones) is 1. The molecular weight excluding hydrogens is 1060 g/mol. The minimum Gasteiger partial charge on any atom is -0.633 e. The molecule has 0 radical (unpaired) electrons. The highest BCUT2D eigenvalue weighted by Gasteiger charge is 2.45. The van der Waals surface area contributed by atoms with Crippen LogP contribution in [-0.4, -0.2) is 157 Å². The van der Waals surface area contributed by atoms with E-state index in [1.54, 1.807) is 49.3 Å². The van der Waals surface area contributed by atoms with Crippen LogP contribution in [0.15, 0.2) is 40.5 Å². The molecule has 3 aromatic heterocycles. The van der Waals surface area contributed by atoms with Crippen LogP contribution >= 0.6 is 0 Å². The van der Waals surface area contributed by atoms with Crippen molar-refractivity contribution >= 4 is 56.2 Å². The summed E-state index contributed by atoms with van der Waals surface area (Å²) in [5.74, 6) is 2.73. The largest absolute Gasteiger partial charge is 0.633 e. The minimum absolute atomic E-state index is 0.0133. The molecule has 0 spiro atoms. The van der Waals surface area contributed by atoms with Crippen molar-refractivity contribution in [3.05, 3.63) is 74.0 Å². The SMILES string of the molecule is CCN(CCc1c2c(nc3cc4c(cc13)OCO4)-c1cc3c(c(=O)n1C2)COC(=O)[C@]3(O)CC)C(=O)COCNC(=O)CNC(=O)[C@H](CCCC[N+](C)(C)[O-])NC(=O)[C@@H](NC(=O)CCCC#Cc1cnc(S(C)(=O)=O)nc1)C(C)C. The van der Waals surface area contributed by atoms with Gasteiger partial charge in [0, 0.05) is 67.2 Å². The molecule has 26 heteroatoms. The van der Waals surface area contributed by atoms with E-state index in [4.69, 9.17) is 23.9 Å². The molecule has 0 saturated heterocycles. The average molecular weight is 1130 g/mol. The predicted molar refractivity (Wildman–Crippen MR) is 287 cm³/mol. The number of nitrogens with zero attached hydrogens (tertiary/aromatic N) is 6. The van der Waals surface area contributed by atoms with Gasteiger partial charge in [0.2, 0.25) is 51.3 Å². The Hall–Kier alpha value is -7.57. The quantitative estimate of drug-likeness (QED) is 0.0104. The zero-order chi connectivity index (χ0) is 58.1. The molecule has 0 aliphatic carbocycles. The number of nitrogens with one attached hydrogen (secondary N) is 4. The molecule has 430 valence electrons. The maximum absolute atomic E-state index is 14.0. The van der Waals surface area contributed by atoms with E-state index in [1.807, 2.05) is 6.07 Å². The second kappa shape index (κ2) is 25.7. The third kappa shape index (κ3) is 14.4. The Morgan fingerprint density at radius 1 is 0.963 bits per heavy atom. The summed E-state index contributed by atoms with van der Waals surface area (Å²) in [6.45, 7) is 6.26. The van der Waals surface area contributed by atoms with Crippen molar-refractivity contribution in [1.82, 2.24) is 45.7 Å². The Kier molecular flexibility index (Phi) is 19.3. The number of sulfone groups is 1. The Morgan fingerprint density at radius 3 is 2.36 bits per heavy atom. The molecule has 3 atom stereocenters. The number of hydrogen-bond donors (Lipinski definition) is 5. The van der Waals surface area contributed by atoms with Crippen LogP contribution in [0.25, 0.3) is 22.3 Å². The monoisotopic (exact) mass is 1130 g/mol. The van der Waals surface area contributed by atoms with Crippen LogP contribution in [0.3, 0.4) is 0 Å². The highest BCUT2D eigenvalue weighted by atomic mass is 32.2. The number of esters is 1. The number of carbonyl (C=O) groups is 6. The van der Waals surface area contributed by atoms with Crippen LogP contribution in [0.2, 0.25) is 0 Å². The fourth-order valence-electron chi connectivity index (χ4n) is 9.48. The van der Waals surface area contributed by atoms with Gasteiger partial charge in [-0.05, 0) is 69.1 Å². The van der Waals surface area contributed by atoms with Crippen molar-refractivity contribution < 1.29 is 65.9 Å². The minimum atomic E-state index is -3.56. The third-order valence-electron chi connectivity index (χ3n) is 13.9. The van der Waals surface area contributed by atoms with Gasteiger partial charge in [-0.1, -0.05) is 32.6 Å². The van der Waals surface area contributed by atoms with Gasteiger partial charge in [-0.2, -0.15) is 0 Å². The number of amides is 5. The first-order valence-corrected chi connectivity index (χ1v) is 28.3. The molecule has 25 nitrogen and oxygen atoms in total. The number of aromatic nitrogens is 4. The Balaban J connectivity index is 0.914. The summed E-state index contributed by atoms with van der Waals surface area (Å²) in [6, 6.07) is 3.05. The topological polar surface area (TPSA) is 329 Å². The molecule has 6 heterocycles. The number of likely N-dealkylation sites (N-methyl/N-ethyl adjacent to an activating group) is 1. The second-order valence-corrected chi connectivity index (χ2v) is 22.5. The summed E-state index contributed by atoms with van der Waals surface area (Å²) in [7, 11) is -0.575. The summed E-state index contributed by atoms with van der Waals surface area (Å²) in [6.07, 6.45) is 5.51. The zero-order valence-corrected chi connectivity index (χ0v) is 46.7. The summed E-state index contributed by atoms with van der Waals surface area (Å²) in [4.78, 5) is 108. The average Bonchev–Trinajstić information content (AvgIpc) is 4.24. The van der Waals surface area contributed by atoms with Gasteiger partial charge in [0.25, 0.3) is 5.56 Å². The Morgan fingerprint density at radius 2 is 1.69 bits per heavy atom. The molecular formula is C54H68N10O15S. The number of benzene rings is 1. The first-order valence-electron chi connectivity index (χ1n) is 26.4. The van der Waals surface area contributed by atoms with Crippen LogP contribution in [0.5, 0.6) is 11.5 Å². The molecule has 0 unspecified atom stereocenters. The third-order valence-corrected chi connectivity index (χ3v) is 14.8. The van der Waals surface area contributed by atoms with Gasteiger partial charge >= 0.3 is 5.97 Å². The van der Waals surface area contributed by atoms with E-state index in [2.05, 4.69) is 43.1 Å².